The van der Waals surface area contributed by atoms with E-state index >= 15 is 0 Å². The molecule has 0 saturated carbocycles. The van der Waals surface area contributed by atoms with Gasteiger partial charge in [-0.2, -0.15) is 10.5 Å². The van der Waals surface area contributed by atoms with Crippen molar-refractivity contribution < 1.29 is 0 Å². The van der Waals surface area contributed by atoms with Crippen molar-refractivity contribution >= 4 is 130 Å². The molecule has 0 fully saturated rings. The van der Waals surface area contributed by atoms with Gasteiger partial charge in [0.2, 0.25) is 0 Å². The third kappa shape index (κ3) is 10.3. The molecule has 21 rings (SSSR count). The van der Waals surface area contributed by atoms with Crippen LogP contribution in [0.3, 0.4) is 0 Å². The van der Waals surface area contributed by atoms with Crippen LogP contribution >= 0.6 is 0 Å². The number of fused-ring (bicyclic) bond motifs is 18. The van der Waals surface area contributed by atoms with E-state index < -0.39 is 0 Å². The van der Waals surface area contributed by atoms with E-state index in [4.69, 9.17) is 9.97 Å². The molecule has 0 bridgehead atoms. The number of aromatic nitrogens is 2. The number of nitriles is 2. The maximum absolute atomic E-state index is 9.78. The van der Waals surface area contributed by atoms with Gasteiger partial charge < -0.3 is 0 Å². The van der Waals surface area contributed by atoms with E-state index in [1.807, 2.05) is 42.5 Å². The van der Waals surface area contributed by atoms with Crippen LogP contribution in [0, 0.1) is 22.7 Å². The third-order valence-corrected chi connectivity index (χ3v) is 21.7. The largest absolute Gasteiger partial charge is 0.247 e. The normalized spacial score (nSPS) is 11.6. The average molecular weight is 1340 g/mol. The molecule has 0 N–H and O–H groups in total. The summed E-state index contributed by atoms with van der Waals surface area (Å²) in [7, 11) is 0. The number of nitrogens with zero attached hydrogens (tertiary/aromatic N) is 4. The highest BCUT2D eigenvalue weighted by atomic mass is 14.7. The summed E-state index contributed by atoms with van der Waals surface area (Å²) in [6.45, 7) is 0. The zero-order chi connectivity index (χ0) is 70.3. The highest BCUT2D eigenvalue weighted by molar-refractivity contribution is 6.26. The molecule has 0 unspecified atom stereocenters. The molecule has 4 nitrogen and oxygen atoms in total. The molecule has 0 radical (unpaired) electrons. The lowest BCUT2D eigenvalue weighted by Gasteiger charge is -2.19. The molecule has 0 aliphatic carbocycles. The smallest absolute Gasteiger partial charge is 0.0991 e. The fraction of sp³-hybridized carbons (Fsp3) is 0. The van der Waals surface area contributed by atoms with Gasteiger partial charge in [-0.15, -0.1) is 0 Å². The summed E-state index contributed by atoms with van der Waals surface area (Å²) in [5.74, 6) is 0. The second kappa shape index (κ2) is 25.3. The first-order valence-corrected chi connectivity index (χ1v) is 35.9. The van der Waals surface area contributed by atoms with Gasteiger partial charge in [0.1, 0.15) is 0 Å². The lowest BCUT2D eigenvalue weighted by molar-refractivity contribution is 1.40. The minimum Gasteiger partial charge on any atom is -0.247 e. The van der Waals surface area contributed by atoms with Crippen LogP contribution in [-0.4, -0.2) is 9.97 Å². The topological polar surface area (TPSA) is 73.4 Å². The Labute approximate surface area is 611 Å². The van der Waals surface area contributed by atoms with Crippen LogP contribution in [0.1, 0.15) is 11.1 Å². The van der Waals surface area contributed by atoms with Crippen molar-refractivity contribution in [2.24, 2.45) is 0 Å². The highest BCUT2D eigenvalue weighted by Crippen LogP contribution is 2.49. The average Bonchev–Trinajstić information content (AvgIpc) is 0.711. The molecule has 0 aliphatic rings. The van der Waals surface area contributed by atoms with Crippen molar-refractivity contribution in [3.05, 3.63) is 375 Å². The number of pyridine rings is 2. The predicted octanol–water partition coefficient (Wildman–Crippen LogP) is 27.4. The Morgan fingerprint density at radius 2 is 0.434 bits per heavy atom. The highest BCUT2D eigenvalue weighted by Gasteiger charge is 2.23. The molecule has 488 valence electrons. The SMILES string of the molecule is N#Cc1ccc(-c2ccc(-c3cc(-c4cc5ccccc5c5ccccc45)c4cc(-c5cc6ccccc6c6ccccc56)c5ccccc5c4n3)cc2)cc1.N#Cc1cccc(-c2cc(-c3cc4ccccc4c4ccccc34)c3cc(-c4cc5ccccc5c5ccccc45)c4ccccc4c3n2)c1. The van der Waals surface area contributed by atoms with Gasteiger partial charge in [0.15, 0.2) is 0 Å². The zero-order valence-electron chi connectivity index (χ0n) is 57.4. The van der Waals surface area contributed by atoms with Crippen molar-refractivity contribution in [1.29, 1.82) is 10.5 Å². The van der Waals surface area contributed by atoms with E-state index in [0.717, 1.165) is 88.3 Å². The molecule has 21 aromatic rings. The van der Waals surface area contributed by atoms with Crippen LogP contribution in [-0.2, 0) is 0 Å². The second-order valence-electron chi connectivity index (χ2n) is 27.6. The standard InChI is InChI=1S/C54H32N2.C48H28N2/c55-33-34-21-23-35(24-22-34)36-25-27-37(28-26-36)53-32-51(49-30-39-12-2-4-14-41(39)43-16-6-8-18-45(43)49)52-31-50(46-19-9-10-20-47(46)54(52)56-53)48-29-38-11-1-3-13-40(38)42-15-5-7-17-44(42)48;49-29-30-12-11-15-33(24-30)47-28-45(43-26-32-14-2-4-17-35(32)37-19-6-8-21-39(37)43)46-27-44(40-22-9-10-23-41(40)48(46)50-47)42-25-31-13-1-3-16-34(31)36-18-5-7-20-38(36)42/h1-32H;1-28H. The van der Waals surface area contributed by atoms with Gasteiger partial charge in [0, 0.05) is 32.7 Å². The first-order chi connectivity index (χ1) is 52.5. The van der Waals surface area contributed by atoms with E-state index in [0.29, 0.717) is 11.1 Å². The van der Waals surface area contributed by atoms with Crippen LogP contribution in [0.2, 0.25) is 0 Å². The van der Waals surface area contributed by atoms with Gasteiger partial charge in [-0.3, -0.25) is 0 Å². The van der Waals surface area contributed by atoms with E-state index in [1.54, 1.807) is 0 Å². The molecular weight excluding hydrogens is 1280 g/mol. The van der Waals surface area contributed by atoms with Gasteiger partial charge >= 0.3 is 0 Å². The van der Waals surface area contributed by atoms with E-state index in [2.05, 4.69) is 334 Å². The summed E-state index contributed by atoms with van der Waals surface area (Å²) >= 11 is 0. The predicted molar refractivity (Wildman–Crippen MR) is 446 cm³/mol. The summed E-state index contributed by atoms with van der Waals surface area (Å²) < 4.78 is 0. The molecule has 19 aromatic carbocycles. The van der Waals surface area contributed by atoms with Crippen molar-refractivity contribution in [1.82, 2.24) is 9.97 Å². The molecule has 0 saturated heterocycles. The van der Waals surface area contributed by atoms with Crippen molar-refractivity contribution in [2.45, 2.75) is 0 Å². The summed E-state index contributed by atoms with van der Waals surface area (Å²) in [6, 6.07) is 135. The summed E-state index contributed by atoms with van der Waals surface area (Å²) in [5, 5.41) is 45.6. The fourth-order valence-corrected chi connectivity index (χ4v) is 16.7. The first-order valence-electron chi connectivity index (χ1n) is 35.9. The van der Waals surface area contributed by atoms with Crippen LogP contribution in [0.15, 0.2) is 364 Å². The van der Waals surface area contributed by atoms with Gasteiger partial charge in [-0.1, -0.05) is 291 Å². The molecule has 0 spiro atoms. The maximum Gasteiger partial charge on any atom is 0.0991 e. The third-order valence-electron chi connectivity index (χ3n) is 21.7. The Kier molecular flexibility index (Phi) is 14.7. The maximum atomic E-state index is 9.78. The van der Waals surface area contributed by atoms with Crippen LogP contribution in [0.5, 0.6) is 0 Å². The lowest BCUT2D eigenvalue weighted by Crippen LogP contribution is -1.95. The van der Waals surface area contributed by atoms with Crippen molar-refractivity contribution in [2.75, 3.05) is 0 Å². The van der Waals surface area contributed by atoms with E-state index in [-0.39, 0.29) is 0 Å². The Bertz CT molecular complexity index is 7340. The first kappa shape index (κ1) is 61.4. The summed E-state index contributed by atoms with van der Waals surface area (Å²) in [6.07, 6.45) is 0. The fourth-order valence-electron chi connectivity index (χ4n) is 16.7. The molecular formula is C102H60N4. The molecule has 2 aromatic heterocycles. The molecule has 0 atom stereocenters. The van der Waals surface area contributed by atoms with Crippen molar-refractivity contribution in [3.8, 4) is 90.3 Å². The Morgan fingerprint density at radius 1 is 0.170 bits per heavy atom. The lowest BCUT2D eigenvalue weighted by atomic mass is 9.86. The molecule has 0 aliphatic heterocycles. The Hall–Kier alpha value is -14.4. The number of benzene rings is 19. The quantitative estimate of drug-likeness (QED) is 0.149. The van der Waals surface area contributed by atoms with Gasteiger partial charge in [-0.25, -0.2) is 9.97 Å². The number of hydrogen-bond acceptors (Lipinski definition) is 4. The van der Waals surface area contributed by atoms with Gasteiger partial charge in [0.05, 0.1) is 45.7 Å². The Balaban J connectivity index is 0.000000141. The van der Waals surface area contributed by atoms with Crippen molar-refractivity contribution in [3.63, 3.8) is 0 Å². The number of hydrogen-bond donors (Lipinski definition) is 0. The van der Waals surface area contributed by atoms with Gasteiger partial charge in [-0.05, 0) is 225 Å². The van der Waals surface area contributed by atoms with Crippen LogP contribution < -0.4 is 0 Å². The second-order valence-corrected chi connectivity index (χ2v) is 27.6. The summed E-state index contributed by atoms with van der Waals surface area (Å²) in [5.41, 5.74) is 18.5. The number of rotatable bonds is 7. The molecule has 2 heterocycles. The van der Waals surface area contributed by atoms with Crippen LogP contribution in [0.4, 0.5) is 0 Å². The molecule has 0 amide bonds. The summed E-state index contributed by atoms with van der Waals surface area (Å²) in [4.78, 5) is 11.0. The van der Waals surface area contributed by atoms with E-state index in [9.17, 15) is 10.5 Å². The Morgan fingerprint density at radius 3 is 0.783 bits per heavy atom. The van der Waals surface area contributed by atoms with E-state index in [1.165, 1.54) is 119 Å². The minimum atomic E-state index is 0.616. The monoisotopic (exact) mass is 1340 g/mol. The van der Waals surface area contributed by atoms with Crippen LogP contribution in [0.25, 0.3) is 208 Å². The molecule has 106 heavy (non-hydrogen) atoms. The zero-order valence-corrected chi connectivity index (χ0v) is 57.4. The minimum absolute atomic E-state index is 0.616. The molecule has 4 heteroatoms. The van der Waals surface area contributed by atoms with Gasteiger partial charge in [0.25, 0.3) is 0 Å².